The maximum atomic E-state index is 13.3. The van der Waals surface area contributed by atoms with Crippen molar-refractivity contribution in [2.24, 2.45) is 10.7 Å². The van der Waals surface area contributed by atoms with E-state index >= 15 is 0 Å². The first-order chi connectivity index (χ1) is 12.1. The summed E-state index contributed by atoms with van der Waals surface area (Å²) in [6.45, 7) is 0. The number of hydrogen-bond acceptors (Lipinski definition) is 2. The first-order valence-corrected chi connectivity index (χ1v) is 8.95. The summed E-state index contributed by atoms with van der Waals surface area (Å²) in [6, 6.07) is 24.5. The minimum Gasteiger partial charge on any atom is -0.378 e. The van der Waals surface area contributed by atoms with Gasteiger partial charge in [-0.3, -0.25) is 0 Å². The lowest BCUT2D eigenvalue weighted by Gasteiger charge is -2.17. The molecule has 0 aromatic heterocycles. The van der Waals surface area contributed by atoms with Gasteiger partial charge in [-0.1, -0.05) is 84.0 Å². The summed E-state index contributed by atoms with van der Waals surface area (Å²) in [6.07, 6.45) is 0. The summed E-state index contributed by atoms with van der Waals surface area (Å²) in [5, 5.41) is 0.434. The van der Waals surface area contributed by atoms with E-state index in [9.17, 15) is 4.39 Å². The Hall–Kier alpha value is -2.30. The molecule has 126 valence electrons. The molecule has 0 spiro atoms. The second-order valence-electron chi connectivity index (χ2n) is 5.37. The minimum atomic E-state index is -0.474. The lowest BCUT2D eigenvalue weighted by Crippen LogP contribution is -2.10. The van der Waals surface area contributed by atoms with Crippen LogP contribution >= 0.6 is 23.4 Å². The van der Waals surface area contributed by atoms with Crippen molar-refractivity contribution >= 4 is 34.2 Å². The van der Waals surface area contributed by atoms with Gasteiger partial charge in [-0.15, -0.1) is 0 Å². The highest BCUT2D eigenvalue weighted by Crippen LogP contribution is 2.36. The van der Waals surface area contributed by atoms with Gasteiger partial charge >= 0.3 is 0 Å². The smallest absolute Gasteiger partial charge is 0.160 e. The average molecular weight is 371 g/mol. The summed E-state index contributed by atoms with van der Waals surface area (Å²) in [5.74, 6) is -0.474. The summed E-state index contributed by atoms with van der Waals surface area (Å²) in [4.78, 5) is 4.36. The Kier molecular flexibility index (Phi) is 5.74. The van der Waals surface area contributed by atoms with Crippen LogP contribution in [-0.4, -0.2) is 5.17 Å². The van der Waals surface area contributed by atoms with Crippen LogP contribution in [0.1, 0.15) is 16.4 Å². The quantitative estimate of drug-likeness (QED) is 0.455. The fraction of sp³-hybridized carbons (Fsp3) is 0.0500. The van der Waals surface area contributed by atoms with Gasteiger partial charge < -0.3 is 5.73 Å². The van der Waals surface area contributed by atoms with Gasteiger partial charge in [0.2, 0.25) is 0 Å². The lowest BCUT2D eigenvalue weighted by atomic mass is 10.0. The highest BCUT2D eigenvalue weighted by atomic mass is 35.5. The van der Waals surface area contributed by atoms with Crippen LogP contribution in [0.15, 0.2) is 83.9 Å². The van der Waals surface area contributed by atoms with E-state index < -0.39 is 5.82 Å². The number of nitrogens with zero attached hydrogens (tertiary/aromatic N) is 1. The number of hydrogen-bond donors (Lipinski definition) is 1. The molecule has 0 bridgehead atoms. The Morgan fingerprint density at radius 1 is 0.920 bits per heavy atom. The van der Waals surface area contributed by atoms with Crippen LogP contribution in [0.3, 0.4) is 0 Å². The Labute approximate surface area is 155 Å². The molecule has 0 heterocycles. The maximum absolute atomic E-state index is 13.3. The van der Waals surface area contributed by atoms with Gasteiger partial charge in [0.15, 0.2) is 5.17 Å². The predicted octanol–water partition coefficient (Wildman–Crippen LogP) is 5.95. The summed E-state index contributed by atoms with van der Waals surface area (Å²) in [5.41, 5.74) is 8.94. The number of rotatable bonds is 4. The highest BCUT2D eigenvalue weighted by molar-refractivity contribution is 8.14. The molecule has 0 atom stereocenters. The molecular formula is C20H16ClFN2S. The van der Waals surface area contributed by atoms with E-state index in [1.54, 1.807) is 6.07 Å². The number of thioether (sulfide) groups is 1. The minimum absolute atomic E-state index is 0.0158. The zero-order valence-electron chi connectivity index (χ0n) is 13.3. The molecule has 3 aromatic carbocycles. The number of amidine groups is 1. The molecule has 0 unspecified atom stereocenters. The Bertz CT molecular complexity index is 830. The SMILES string of the molecule is NC(=Nc1ccc(F)c(Cl)c1)SC(c1ccccc1)c1ccccc1. The van der Waals surface area contributed by atoms with Crippen LogP contribution in [0.25, 0.3) is 0 Å². The number of aliphatic imine (C=N–C) groups is 1. The Morgan fingerprint density at radius 2 is 1.48 bits per heavy atom. The van der Waals surface area contributed by atoms with E-state index in [4.69, 9.17) is 17.3 Å². The van der Waals surface area contributed by atoms with Gasteiger partial charge in [0.1, 0.15) is 5.82 Å². The van der Waals surface area contributed by atoms with Crippen LogP contribution in [-0.2, 0) is 0 Å². The van der Waals surface area contributed by atoms with E-state index in [2.05, 4.69) is 29.3 Å². The molecule has 0 amide bonds. The zero-order valence-corrected chi connectivity index (χ0v) is 14.8. The second-order valence-corrected chi connectivity index (χ2v) is 6.90. The number of nitrogens with two attached hydrogens (primary N) is 1. The summed E-state index contributed by atoms with van der Waals surface area (Å²) >= 11 is 7.25. The molecule has 2 N–H and O–H groups in total. The van der Waals surface area contributed by atoms with Crippen LogP contribution in [0, 0.1) is 5.82 Å². The second kappa shape index (κ2) is 8.19. The normalized spacial score (nSPS) is 11.7. The molecule has 0 aliphatic rings. The first-order valence-electron chi connectivity index (χ1n) is 7.69. The molecule has 0 aliphatic carbocycles. The largest absolute Gasteiger partial charge is 0.378 e. The fourth-order valence-corrected chi connectivity index (χ4v) is 3.57. The van der Waals surface area contributed by atoms with E-state index in [1.807, 2.05) is 36.4 Å². The third-order valence-electron chi connectivity index (χ3n) is 3.59. The zero-order chi connectivity index (χ0) is 17.6. The molecule has 0 aliphatic heterocycles. The average Bonchev–Trinajstić information content (AvgIpc) is 2.64. The molecule has 5 heteroatoms. The van der Waals surface area contributed by atoms with Crippen molar-refractivity contribution in [1.82, 2.24) is 0 Å². The van der Waals surface area contributed by atoms with E-state index in [1.165, 1.54) is 23.9 Å². The van der Waals surface area contributed by atoms with Gasteiger partial charge in [0.25, 0.3) is 0 Å². The molecule has 0 saturated heterocycles. The van der Waals surface area contributed by atoms with Crippen LogP contribution < -0.4 is 5.73 Å². The van der Waals surface area contributed by atoms with Crippen molar-refractivity contribution in [3.63, 3.8) is 0 Å². The molecule has 0 fully saturated rings. The van der Waals surface area contributed by atoms with Gasteiger partial charge in [0, 0.05) is 0 Å². The van der Waals surface area contributed by atoms with Crippen molar-refractivity contribution in [2.75, 3.05) is 0 Å². The van der Waals surface area contributed by atoms with Crippen LogP contribution in [0.2, 0.25) is 5.02 Å². The van der Waals surface area contributed by atoms with Gasteiger partial charge in [-0.05, 0) is 29.3 Å². The standard InChI is InChI=1S/C20H16ClFN2S/c21-17-13-16(11-12-18(17)22)24-20(23)25-19(14-7-3-1-4-8-14)15-9-5-2-6-10-15/h1-13,19H,(H2,23,24). The molecular weight excluding hydrogens is 355 g/mol. The molecule has 0 saturated carbocycles. The fourth-order valence-electron chi connectivity index (χ4n) is 2.41. The third-order valence-corrected chi connectivity index (χ3v) is 4.99. The molecule has 3 aromatic rings. The van der Waals surface area contributed by atoms with Gasteiger partial charge in [0.05, 0.1) is 16.0 Å². The number of halogens is 2. The Morgan fingerprint density at radius 3 is 2.00 bits per heavy atom. The van der Waals surface area contributed by atoms with E-state index in [0.29, 0.717) is 10.9 Å². The highest BCUT2D eigenvalue weighted by Gasteiger charge is 2.16. The van der Waals surface area contributed by atoms with Crippen molar-refractivity contribution in [3.05, 3.63) is 101 Å². The van der Waals surface area contributed by atoms with Gasteiger partial charge in [-0.25, -0.2) is 9.38 Å². The monoisotopic (exact) mass is 370 g/mol. The molecule has 0 radical (unpaired) electrons. The van der Waals surface area contributed by atoms with E-state index in [-0.39, 0.29) is 10.3 Å². The van der Waals surface area contributed by atoms with Gasteiger partial charge in [-0.2, -0.15) is 0 Å². The van der Waals surface area contributed by atoms with Crippen molar-refractivity contribution in [2.45, 2.75) is 5.25 Å². The molecule has 25 heavy (non-hydrogen) atoms. The molecule has 3 rings (SSSR count). The van der Waals surface area contributed by atoms with Crippen molar-refractivity contribution < 1.29 is 4.39 Å². The molecule has 2 nitrogen and oxygen atoms in total. The first kappa shape index (κ1) is 17.5. The van der Waals surface area contributed by atoms with Crippen LogP contribution in [0.5, 0.6) is 0 Å². The topological polar surface area (TPSA) is 38.4 Å². The third kappa shape index (κ3) is 4.62. The van der Waals surface area contributed by atoms with Crippen molar-refractivity contribution in [1.29, 1.82) is 0 Å². The summed E-state index contributed by atoms with van der Waals surface area (Å²) < 4.78 is 13.3. The lowest BCUT2D eigenvalue weighted by molar-refractivity contribution is 0.628. The Balaban J connectivity index is 1.89. The summed E-state index contributed by atoms with van der Waals surface area (Å²) in [7, 11) is 0. The van der Waals surface area contributed by atoms with Crippen molar-refractivity contribution in [3.8, 4) is 0 Å². The van der Waals surface area contributed by atoms with E-state index in [0.717, 1.165) is 11.1 Å². The predicted molar refractivity (Wildman–Crippen MR) is 105 cm³/mol. The van der Waals surface area contributed by atoms with Crippen LogP contribution in [0.4, 0.5) is 10.1 Å². The maximum Gasteiger partial charge on any atom is 0.160 e. The number of benzene rings is 3.